The highest BCUT2D eigenvalue weighted by atomic mass is 16.2. The van der Waals surface area contributed by atoms with Crippen molar-refractivity contribution < 1.29 is 9.59 Å². The van der Waals surface area contributed by atoms with Crippen molar-refractivity contribution in [3.63, 3.8) is 0 Å². The Morgan fingerprint density at radius 1 is 1.42 bits per heavy atom. The molecule has 6 nitrogen and oxygen atoms in total. The van der Waals surface area contributed by atoms with Crippen molar-refractivity contribution in [1.29, 1.82) is 0 Å². The number of H-pyrrole nitrogens is 1. The Bertz CT molecular complexity index is 467. The van der Waals surface area contributed by atoms with Crippen molar-refractivity contribution in [2.45, 2.75) is 38.3 Å². The molecule has 0 spiro atoms. The summed E-state index contributed by atoms with van der Waals surface area (Å²) < 4.78 is 0. The molecule has 3 rings (SSSR count). The minimum atomic E-state index is -0.278. The zero-order chi connectivity index (χ0) is 13.2. The van der Waals surface area contributed by atoms with Crippen LogP contribution in [0, 0.1) is 5.92 Å². The SMILES string of the molecule is O=C(NCc1cn[nH]c1)C1CCCN1C(=O)C1CC1. The molecule has 102 valence electrons. The average Bonchev–Trinajstić information content (AvgIpc) is 2.94. The molecule has 0 aromatic carbocycles. The first-order valence-electron chi connectivity index (χ1n) is 6.81. The lowest BCUT2D eigenvalue weighted by Crippen LogP contribution is -2.46. The van der Waals surface area contributed by atoms with Crippen LogP contribution >= 0.6 is 0 Å². The van der Waals surface area contributed by atoms with E-state index in [1.54, 1.807) is 17.3 Å². The van der Waals surface area contributed by atoms with Gasteiger partial charge < -0.3 is 10.2 Å². The van der Waals surface area contributed by atoms with Crippen LogP contribution in [-0.2, 0) is 16.1 Å². The molecule has 19 heavy (non-hydrogen) atoms. The van der Waals surface area contributed by atoms with Crippen molar-refractivity contribution in [2.75, 3.05) is 6.54 Å². The van der Waals surface area contributed by atoms with Gasteiger partial charge in [0, 0.05) is 30.8 Å². The van der Waals surface area contributed by atoms with E-state index >= 15 is 0 Å². The molecule has 2 N–H and O–H groups in total. The van der Waals surface area contributed by atoms with Crippen molar-refractivity contribution in [3.05, 3.63) is 18.0 Å². The van der Waals surface area contributed by atoms with Gasteiger partial charge in [-0.05, 0) is 25.7 Å². The number of aromatic nitrogens is 2. The highest BCUT2D eigenvalue weighted by molar-refractivity contribution is 5.89. The number of nitrogens with one attached hydrogen (secondary N) is 2. The van der Waals surface area contributed by atoms with Crippen LogP contribution in [0.3, 0.4) is 0 Å². The van der Waals surface area contributed by atoms with E-state index in [9.17, 15) is 9.59 Å². The molecule has 1 aromatic rings. The summed E-state index contributed by atoms with van der Waals surface area (Å²) in [6, 6.07) is -0.278. The maximum absolute atomic E-state index is 12.2. The summed E-state index contributed by atoms with van der Waals surface area (Å²) in [6.45, 7) is 1.18. The van der Waals surface area contributed by atoms with Gasteiger partial charge in [0.2, 0.25) is 11.8 Å². The van der Waals surface area contributed by atoms with E-state index in [1.807, 2.05) is 0 Å². The molecule has 1 aliphatic carbocycles. The van der Waals surface area contributed by atoms with Crippen LogP contribution in [0.25, 0.3) is 0 Å². The van der Waals surface area contributed by atoms with Gasteiger partial charge in [-0.3, -0.25) is 14.7 Å². The minimum Gasteiger partial charge on any atom is -0.350 e. The van der Waals surface area contributed by atoms with Gasteiger partial charge in [-0.2, -0.15) is 5.10 Å². The molecule has 1 unspecified atom stereocenters. The molecule has 1 saturated heterocycles. The maximum Gasteiger partial charge on any atom is 0.243 e. The van der Waals surface area contributed by atoms with Gasteiger partial charge >= 0.3 is 0 Å². The molecule has 1 aromatic heterocycles. The quantitative estimate of drug-likeness (QED) is 0.826. The Morgan fingerprint density at radius 2 is 2.26 bits per heavy atom. The smallest absolute Gasteiger partial charge is 0.243 e. The monoisotopic (exact) mass is 262 g/mol. The molecule has 1 aliphatic heterocycles. The van der Waals surface area contributed by atoms with Crippen LogP contribution in [0.5, 0.6) is 0 Å². The van der Waals surface area contributed by atoms with E-state index in [0.717, 1.165) is 37.8 Å². The van der Waals surface area contributed by atoms with Crippen LogP contribution in [0.4, 0.5) is 0 Å². The van der Waals surface area contributed by atoms with Crippen molar-refractivity contribution in [2.24, 2.45) is 5.92 Å². The second-order valence-corrected chi connectivity index (χ2v) is 5.29. The summed E-state index contributed by atoms with van der Waals surface area (Å²) in [5.41, 5.74) is 0.936. The molecule has 2 aliphatic rings. The summed E-state index contributed by atoms with van der Waals surface area (Å²) in [5, 5.41) is 9.42. The highest BCUT2D eigenvalue weighted by Crippen LogP contribution is 2.33. The number of carbonyl (C=O) groups is 2. The Kier molecular flexibility index (Phi) is 3.23. The van der Waals surface area contributed by atoms with Crippen molar-refractivity contribution in [1.82, 2.24) is 20.4 Å². The maximum atomic E-state index is 12.2. The largest absolute Gasteiger partial charge is 0.350 e. The van der Waals surface area contributed by atoms with Crippen LogP contribution in [0.1, 0.15) is 31.2 Å². The normalized spacial score (nSPS) is 22.5. The van der Waals surface area contributed by atoms with Crippen molar-refractivity contribution in [3.8, 4) is 0 Å². The predicted octanol–water partition coefficient (Wildman–Crippen LogP) is 0.427. The molecule has 0 radical (unpaired) electrons. The fraction of sp³-hybridized carbons (Fsp3) is 0.615. The number of likely N-dealkylation sites (tertiary alicyclic amines) is 1. The first-order valence-corrected chi connectivity index (χ1v) is 6.81. The second-order valence-electron chi connectivity index (χ2n) is 5.29. The first-order chi connectivity index (χ1) is 9.25. The lowest BCUT2D eigenvalue weighted by molar-refractivity contribution is -0.139. The number of hydrogen-bond donors (Lipinski definition) is 2. The lowest BCUT2D eigenvalue weighted by atomic mass is 10.2. The van der Waals surface area contributed by atoms with E-state index < -0.39 is 0 Å². The molecule has 0 bridgehead atoms. The van der Waals surface area contributed by atoms with Gasteiger partial charge in [-0.25, -0.2) is 0 Å². The Balaban J connectivity index is 1.57. The van der Waals surface area contributed by atoms with E-state index in [4.69, 9.17) is 0 Å². The van der Waals surface area contributed by atoms with Gasteiger partial charge in [0.05, 0.1) is 6.20 Å². The number of nitrogens with zero attached hydrogens (tertiary/aromatic N) is 2. The summed E-state index contributed by atoms with van der Waals surface area (Å²) in [5.74, 6) is 0.302. The number of carbonyl (C=O) groups excluding carboxylic acids is 2. The number of amides is 2. The summed E-state index contributed by atoms with van der Waals surface area (Å²) in [4.78, 5) is 26.0. The third kappa shape index (κ3) is 2.62. The zero-order valence-corrected chi connectivity index (χ0v) is 10.8. The van der Waals surface area contributed by atoms with Gasteiger partial charge in [0.25, 0.3) is 0 Å². The second kappa shape index (κ2) is 5.03. The fourth-order valence-corrected chi connectivity index (χ4v) is 2.55. The standard InChI is InChI=1S/C13H18N4O2/c18-12(14-6-9-7-15-16-8-9)11-2-1-5-17(11)13(19)10-3-4-10/h7-8,10-11H,1-6H2,(H,14,18)(H,15,16). The Labute approximate surface area is 111 Å². The topological polar surface area (TPSA) is 78.1 Å². The van der Waals surface area contributed by atoms with Crippen molar-refractivity contribution >= 4 is 11.8 Å². The van der Waals surface area contributed by atoms with Crippen LogP contribution in [-0.4, -0.2) is 39.5 Å². The summed E-state index contributed by atoms with van der Waals surface area (Å²) >= 11 is 0. The Morgan fingerprint density at radius 3 is 2.95 bits per heavy atom. The lowest BCUT2D eigenvalue weighted by Gasteiger charge is -2.23. The molecule has 2 amide bonds. The fourth-order valence-electron chi connectivity index (χ4n) is 2.55. The van der Waals surface area contributed by atoms with Crippen LogP contribution in [0.15, 0.2) is 12.4 Å². The molecule has 1 saturated carbocycles. The molecular weight excluding hydrogens is 244 g/mol. The molecule has 2 heterocycles. The third-order valence-corrected chi connectivity index (χ3v) is 3.79. The predicted molar refractivity (Wildman–Crippen MR) is 67.9 cm³/mol. The Hall–Kier alpha value is -1.85. The molecule has 6 heteroatoms. The van der Waals surface area contributed by atoms with Gasteiger partial charge in [0.15, 0.2) is 0 Å². The zero-order valence-electron chi connectivity index (χ0n) is 10.8. The summed E-state index contributed by atoms with van der Waals surface area (Å²) in [7, 11) is 0. The third-order valence-electron chi connectivity index (χ3n) is 3.79. The van der Waals surface area contributed by atoms with Gasteiger partial charge in [-0.1, -0.05) is 0 Å². The molecule has 1 atom stereocenters. The minimum absolute atomic E-state index is 0.0484. The summed E-state index contributed by atoms with van der Waals surface area (Å²) in [6.07, 6.45) is 7.10. The molecule has 2 fully saturated rings. The van der Waals surface area contributed by atoms with Gasteiger partial charge in [0.1, 0.15) is 6.04 Å². The van der Waals surface area contributed by atoms with Crippen LogP contribution < -0.4 is 5.32 Å². The van der Waals surface area contributed by atoms with E-state index in [1.165, 1.54) is 0 Å². The first kappa shape index (κ1) is 12.2. The van der Waals surface area contributed by atoms with E-state index in [2.05, 4.69) is 15.5 Å². The number of aromatic amines is 1. The number of hydrogen-bond acceptors (Lipinski definition) is 3. The van der Waals surface area contributed by atoms with E-state index in [-0.39, 0.29) is 23.8 Å². The van der Waals surface area contributed by atoms with E-state index in [0.29, 0.717) is 6.54 Å². The number of rotatable bonds is 4. The average molecular weight is 262 g/mol. The highest BCUT2D eigenvalue weighted by Gasteiger charge is 2.40. The van der Waals surface area contributed by atoms with Crippen LogP contribution in [0.2, 0.25) is 0 Å². The molecular formula is C13H18N4O2. The van der Waals surface area contributed by atoms with Gasteiger partial charge in [-0.15, -0.1) is 0 Å².